The monoisotopic (exact) mass is 415 g/mol. The Morgan fingerprint density at radius 2 is 1.93 bits per heavy atom. The molecule has 2 heterocycles. The normalized spacial score (nSPS) is 15.1. The number of hydrazone groups is 1. The molecule has 0 spiro atoms. The summed E-state index contributed by atoms with van der Waals surface area (Å²) in [6.45, 7) is 2.18. The highest BCUT2D eigenvalue weighted by atomic mass is 32.1. The number of aromatic carboxylic acids is 1. The van der Waals surface area contributed by atoms with Crippen LogP contribution < -0.4 is 9.91 Å². The van der Waals surface area contributed by atoms with Crippen LogP contribution in [0.3, 0.4) is 0 Å². The SMILES string of the molecule is CCOOCC1=NN(c2ccc(C(=O)O)cc2)C(=O)/C1=C/c1ccc(N(C)C)s1. The van der Waals surface area contributed by atoms with Crippen LogP contribution in [0.1, 0.15) is 22.2 Å². The van der Waals surface area contributed by atoms with Gasteiger partial charge in [0, 0.05) is 19.0 Å². The first-order valence-electron chi connectivity index (χ1n) is 8.89. The molecule has 1 aromatic carbocycles. The van der Waals surface area contributed by atoms with E-state index in [4.69, 9.17) is 14.9 Å². The molecule has 0 saturated heterocycles. The molecule has 2 aromatic rings. The summed E-state index contributed by atoms with van der Waals surface area (Å²) < 4.78 is 0. The molecule has 152 valence electrons. The molecule has 1 amide bonds. The summed E-state index contributed by atoms with van der Waals surface area (Å²) in [6, 6.07) is 9.87. The number of nitrogens with zero attached hydrogens (tertiary/aromatic N) is 3. The topological polar surface area (TPSA) is 91.7 Å². The van der Waals surface area contributed by atoms with Crippen molar-refractivity contribution in [2.45, 2.75) is 6.92 Å². The van der Waals surface area contributed by atoms with Crippen LogP contribution in [0.2, 0.25) is 0 Å². The van der Waals surface area contributed by atoms with Crippen LogP contribution in [0, 0.1) is 0 Å². The molecule has 1 aliphatic heterocycles. The Labute approximate surface area is 172 Å². The molecule has 1 aliphatic rings. The molecular formula is C20H21N3O5S. The average Bonchev–Trinajstić information content (AvgIpc) is 3.29. The highest BCUT2D eigenvalue weighted by molar-refractivity contribution is 7.17. The van der Waals surface area contributed by atoms with Gasteiger partial charge in [-0.15, -0.1) is 11.3 Å². The third kappa shape index (κ3) is 4.70. The van der Waals surface area contributed by atoms with Gasteiger partial charge in [-0.05, 0) is 49.4 Å². The van der Waals surface area contributed by atoms with E-state index in [1.807, 2.05) is 31.1 Å². The number of amides is 1. The molecule has 1 N–H and O–H groups in total. The quantitative estimate of drug-likeness (QED) is 0.308. The smallest absolute Gasteiger partial charge is 0.335 e. The lowest BCUT2D eigenvalue weighted by Gasteiger charge is -2.11. The van der Waals surface area contributed by atoms with Crippen molar-refractivity contribution in [3.63, 3.8) is 0 Å². The number of carboxylic acids is 1. The van der Waals surface area contributed by atoms with Crippen LogP contribution in [0.25, 0.3) is 6.08 Å². The number of benzene rings is 1. The van der Waals surface area contributed by atoms with Crippen LogP contribution in [0.4, 0.5) is 10.7 Å². The van der Waals surface area contributed by atoms with E-state index < -0.39 is 5.97 Å². The standard InChI is InChI=1S/C20H21N3O5S/c1-4-27-28-12-17-16(11-15-9-10-18(29-15)22(2)3)19(24)23(21-17)14-7-5-13(6-8-14)20(25)26/h5-11H,4,12H2,1-3H3,(H,25,26)/b16-11+. The van der Waals surface area contributed by atoms with Crippen LogP contribution >= 0.6 is 11.3 Å². The first kappa shape index (κ1) is 20.7. The molecule has 0 atom stereocenters. The van der Waals surface area contributed by atoms with E-state index in [-0.39, 0.29) is 18.1 Å². The molecule has 1 aromatic heterocycles. The van der Waals surface area contributed by atoms with Gasteiger partial charge in [-0.25, -0.2) is 14.6 Å². The number of carbonyl (C=O) groups is 2. The van der Waals surface area contributed by atoms with Crippen LogP contribution in [-0.2, 0) is 14.6 Å². The summed E-state index contributed by atoms with van der Waals surface area (Å²) >= 11 is 1.55. The Balaban J connectivity index is 1.92. The van der Waals surface area contributed by atoms with Crippen molar-refractivity contribution in [2.24, 2.45) is 5.10 Å². The first-order valence-corrected chi connectivity index (χ1v) is 9.71. The summed E-state index contributed by atoms with van der Waals surface area (Å²) in [5, 5.41) is 15.7. The summed E-state index contributed by atoms with van der Waals surface area (Å²) in [5.41, 5.74) is 1.44. The molecule has 0 aliphatic carbocycles. The van der Waals surface area contributed by atoms with Gasteiger partial charge in [0.15, 0.2) is 0 Å². The number of hydrogen-bond acceptors (Lipinski definition) is 7. The van der Waals surface area contributed by atoms with Crippen molar-refractivity contribution in [2.75, 3.05) is 37.2 Å². The maximum Gasteiger partial charge on any atom is 0.335 e. The minimum atomic E-state index is -1.03. The number of anilines is 2. The van der Waals surface area contributed by atoms with Gasteiger partial charge >= 0.3 is 5.97 Å². The second-order valence-electron chi connectivity index (χ2n) is 6.31. The second-order valence-corrected chi connectivity index (χ2v) is 7.41. The van der Waals surface area contributed by atoms with Gasteiger partial charge in [-0.1, -0.05) is 0 Å². The number of carboxylic acid groups (broad SMARTS) is 1. The van der Waals surface area contributed by atoms with Crippen molar-refractivity contribution in [3.05, 3.63) is 52.4 Å². The minimum absolute atomic E-state index is 0.0149. The Hall–Kier alpha value is -3.01. The Morgan fingerprint density at radius 3 is 2.52 bits per heavy atom. The van der Waals surface area contributed by atoms with Gasteiger partial charge in [0.1, 0.15) is 12.3 Å². The number of rotatable bonds is 8. The zero-order valence-corrected chi connectivity index (χ0v) is 17.1. The molecular weight excluding hydrogens is 394 g/mol. The molecule has 3 rings (SSSR count). The number of hydrogen-bond donors (Lipinski definition) is 1. The summed E-state index contributed by atoms with van der Waals surface area (Å²) in [7, 11) is 3.91. The van der Waals surface area contributed by atoms with E-state index in [9.17, 15) is 9.59 Å². The third-order valence-electron chi connectivity index (χ3n) is 4.05. The maximum absolute atomic E-state index is 13.0. The molecule has 9 heteroatoms. The summed E-state index contributed by atoms with van der Waals surface area (Å²) in [4.78, 5) is 37.1. The van der Waals surface area contributed by atoms with E-state index in [0.29, 0.717) is 23.6 Å². The van der Waals surface area contributed by atoms with E-state index >= 15 is 0 Å². The van der Waals surface area contributed by atoms with Crippen molar-refractivity contribution in [3.8, 4) is 0 Å². The Kier molecular flexibility index (Phi) is 6.42. The molecule has 0 unspecified atom stereocenters. The molecule has 0 saturated carbocycles. The number of carbonyl (C=O) groups excluding carboxylic acids is 1. The van der Waals surface area contributed by atoms with Gasteiger partial charge in [-0.3, -0.25) is 4.79 Å². The van der Waals surface area contributed by atoms with Gasteiger partial charge in [0.05, 0.1) is 28.4 Å². The van der Waals surface area contributed by atoms with Crippen LogP contribution in [-0.4, -0.2) is 50.0 Å². The molecule has 0 bridgehead atoms. The highest BCUT2D eigenvalue weighted by Crippen LogP contribution is 2.30. The highest BCUT2D eigenvalue weighted by Gasteiger charge is 2.31. The largest absolute Gasteiger partial charge is 0.478 e. The fraction of sp³-hybridized carbons (Fsp3) is 0.250. The Bertz CT molecular complexity index is 963. The van der Waals surface area contributed by atoms with E-state index in [0.717, 1.165) is 9.88 Å². The third-order valence-corrected chi connectivity index (χ3v) is 5.25. The lowest BCUT2D eigenvalue weighted by atomic mass is 10.1. The molecule has 29 heavy (non-hydrogen) atoms. The minimum Gasteiger partial charge on any atom is -0.478 e. The fourth-order valence-corrected chi connectivity index (χ4v) is 3.49. The lowest BCUT2D eigenvalue weighted by Crippen LogP contribution is -2.21. The zero-order valence-electron chi connectivity index (χ0n) is 16.3. The van der Waals surface area contributed by atoms with Crippen molar-refractivity contribution in [1.82, 2.24) is 0 Å². The van der Waals surface area contributed by atoms with Crippen molar-refractivity contribution in [1.29, 1.82) is 0 Å². The lowest BCUT2D eigenvalue weighted by molar-refractivity contribution is -0.279. The Morgan fingerprint density at radius 1 is 1.21 bits per heavy atom. The fourth-order valence-electron chi connectivity index (χ4n) is 2.61. The maximum atomic E-state index is 13.0. The van der Waals surface area contributed by atoms with Crippen LogP contribution in [0.5, 0.6) is 0 Å². The van der Waals surface area contributed by atoms with Gasteiger partial charge in [0.2, 0.25) is 0 Å². The van der Waals surface area contributed by atoms with Crippen LogP contribution in [0.15, 0.2) is 47.1 Å². The second kappa shape index (κ2) is 8.99. The molecule has 0 radical (unpaired) electrons. The summed E-state index contributed by atoms with van der Waals surface area (Å²) in [5.74, 6) is -1.35. The number of thiophene rings is 1. The van der Waals surface area contributed by atoms with Crippen molar-refractivity contribution < 1.29 is 24.5 Å². The van der Waals surface area contributed by atoms with Gasteiger partial charge in [-0.2, -0.15) is 10.1 Å². The predicted molar refractivity (Wildman–Crippen MR) is 113 cm³/mol. The van der Waals surface area contributed by atoms with Gasteiger partial charge in [0.25, 0.3) is 5.91 Å². The summed E-state index contributed by atoms with van der Waals surface area (Å²) in [6.07, 6.45) is 1.78. The average molecular weight is 415 g/mol. The molecule has 0 fully saturated rings. The van der Waals surface area contributed by atoms with Crippen molar-refractivity contribution >= 4 is 45.7 Å². The molecule has 8 nitrogen and oxygen atoms in total. The van der Waals surface area contributed by atoms with E-state index in [2.05, 4.69) is 5.10 Å². The van der Waals surface area contributed by atoms with E-state index in [1.165, 1.54) is 17.1 Å². The van der Waals surface area contributed by atoms with E-state index in [1.54, 1.807) is 36.5 Å². The zero-order chi connectivity index (χ0) is 21.0. The first-order chi connectivity index (χ1) is 13.9. The predicted octanol–water partition coefficient (Wildman–Crippen LogP) is 3.27. The van der Waals surface area contributed by atoms with Gasteiger partial charge < -0.3 is 10.0 Å².